The van der Waals surface area contributed by atoms with Crippen molar-refractivity contribution in [3.63, 3.8) is 0 Å². The van der Waals surface area contributed by atoms with Crippen LogP contribution in [0.25, 0.3) is 10.9 Å². The molecule has 1 aliphatic rings. The lowest BCUT2D eigenvalue weighted by atomic mass is 10.2. The van der Waals surface area contributed by atoms with Gasteiger partial charge in [-0.3, -0.25) is 4.98 Å². The Kier molecular flexibility index (Phi) is 4.86. The van der Waals surface area contributed by atoms with Gasteiger partial charge in [0.2, 0.25) is 0 Å². The van der Waals surface area contributed by atoms with Crippen LogP contribution in [-0.2, 0) is 0 Å². The molecule has 4 heteroatoms. The van der Waals surface area contributed by atoms with E-state index in [1.165, 1.54) is 19.4 Å². The number of halogens is 1. The Balaban J connectivity index is 0.00000147. The maximum Gasteiger partial charge on any atom is 0.140 e. The van der Waals surface area contributed by atoms with Crippen molar-refractivity contribution in [2.45, 2.75) is 18.9 Å². The maximum absolute atomic E-state index is 5.99. The standard InChI is InChI=1S/C16H21N2O.HI/c1-18(2)10-4-6-14(18)12-19-15-7-8-16-13(11-15)5-3-9-17-16;/h3,5,7-9,11,14H,4,6,10,12H2,1-2H3;1H/q+1;/p-1/t14-;/m0./s1. The second-order valence-electron chi connectivity index (χ2n) is 5.97. The Morgan fingerprint density at radius 1 is 1.30 bits per heavy atom. The van der Waals surface area contributed by atoms with Gasteiger partial charge in [0, 0.05) is 24.4 Å². The number of likely N-dealkylation sites (N-methyl/N-ethyl adjacent to an activating group) is 1. The molecule has 1 aromatic heterocycles. The summed E-state index contributed by atoms with van der Waals surface area (Å²) in [6.07, 6.45) is 4.40. The van der Waals surface area contributed by atoms with Crippen LogP contribution in [0.5, 0.6) is 5.75 Å². The van der Waals surface area contributed by atoms with Crippen LogP contribution in [0.2, 0.25) is 0 Å². The summed E-state index contributed by atoms with van der Waals surface area (Å²) in [6, 6.07) is 10.8. The van der Waals surface area contributed by atoms with E-state index in [2.05, 4.69) is 31.2 Å². The maximum atomic E-state index is 5.99. The van der Waals surface area contributed by atoms with Gasteiger partial charge < -0.3 is 33.2 Å². The third-order valence-electron chi connectivity index (χ3n) is 4.28. The molecule has 20 heavy (non-hydrogen) atoms. The summed E-state index contributed by atoms with van der Waals surface area (Å²) in [5, 5.41) is 1.14. The normalized spacial score (nSPS) is 20.6. The van der Waals surface area contributed by atoms with Crippen LogP contribution in [0.4, 0.5) is 0 Å². The predicted molar refractivity (Wildman–Crippen MR) is 77.2 cm³/mol. The summed E-state index contributed by atoms with van der Waals surface area (Å²) >= 11 is 0. The molecule has 0 radical (unpaired) electrons. The lowest BCUT2D eigenvalue weighted by molar-refractivity contribution is -0.902. The molecule has 3 rings (SSSR count). The van der Waals surface area contributed by atoms with Gasteiger partial charge in [-0.2, -0.15) is 0 Å². The van der Waals surface area contributed by atoms with Gasteiger partial charge in [-0.1, -0.05) is 6.07 Å². The highest BCUT2D eigenvalue weighted by Crippen LogP contribution is 2.24. The minimum Gasteiger partial charge on any atom is -1.00 e. The highest BCUT2D eigenvalue weighted by Gasteiger charge is 2.34. The molecule has 1 aliphatic heterocycles. The van der Waals surface area contributed by atoms with Crippen LogP contribution in [0.3, 0.4) is 0 Å². The lowest BCUT2D eigenvalue weighted by Crippen LogP contribution is -3.00. The quantitative estimate of drug-likeness (QED) is 0.543. The number of likely N-dealkylation sites (tertiary alicyclic amines) is 1. The SMILES string of the molecule is C[N+]1(C)CCC[C@H]1COc1ccc2ncccc2c1.[I-]. The van der Waals surface area contributed by atoms with Gasteiger partial charge in [-0.25, -0.2) is 0 Å². The van der Waals surface area contributed by atoms with E-state index in [4.69, 9.17) is 4.74 Å². The summed E-state index contributed by atoms with van der Waals surface area (Å²) in [5.41, 5.74) is 1.02. The van der Waals surface area contributed by atoms with Crippen LogP contribution >= 0.6 is 0 Å². The number of nitrogens with zero attached hydrogens (tertiary/aromatic N) is 2. The summed E-state index contributed by atoms with van der Waals surface area (Å²) < 4.78 is 7.07. The monoisotopic (exact) mass is 384 g/mol. The van der Waals surface area contributed by atoms with E-state index in [-0.39, 0.29) is 24.0 Å². The summed E-state index contributed by atoms with van der Waals surface area (Å²) in [6.45, 7) is 2.06. The zero-order valence-electron chi connectivity index (χ0n) is 12.1. The van der Waals surface area contributed by atoms with Gasteiger partial charge in [0.05, 0.1) is 26.2 Å². The molecule has 0 unspecified atom stereocenters. The number of benzene rings is 1. The number of hydrogen-bond donors (Lipinski definition) is 0. The fourth-order valence-corrected chi connectivity index (χ4v) is 2.89. The van der Waals surface area contributed by atoms with Gasteiger partial charge in [0.25, 0.3) is 0 Å². The average molecular weight is 384 g/mol. The van der Waals surface area contributed by atoms with Gasteiger partial charge in [0.1, 0.15) is 18.4 Å². The Morgan fingerprint density at radius 2 is 2.15 bits per heavy atom. The van der Waals surface area contributed by atoms with Crippen molar-refractivity contribution in [3.05, 3.63) is 36.5 Å². The smallest absolute Gasteiger partial charge is 0.140 e. The van der Waals surface area contributed by atoms with Crippen molar-refractivity contribution in [2.75, 3.05) is 27.2 Å². The highest BCUT2D eigenvalue weighted by atomic mass is 127. The molecule has 0 aliphatic carbocycles. The summed E-state index contributed by atoms with van der Waals surface area (Å²) in [4.78, 5) is 4.32. The number of pyridine rings is 1. The molecular weight excluding hydrogens is 363 g/mol. The minimum atomic E-state index is 0. The molecule has 1 fully saturated rings. The van der Waals surface area contributed by atoms with Crippen LogP contribution in [0.1, 0.15) is 12.8 Å². The van der Waals surface area contributed by atoms with Crippen LogP contribution in [0.15, 0.2) is 36.5 Å². The number of quaternary nitrogens is 1. The Hall–Kier alpha value is -0.880. The van der Waals surface area contributed by atoms with Crippen LogP contribution < -0.4 is 28.7 Å². The number of rotatable bonds is 3. The number of hydrogen-bond acceptors (Lipinski definition) is 2. The molecule has 0 bridgehead atoms. The molecule has 0 spiro atoms. The third kappa shape index (κ3) is 3.23. The first-order chi connectivity index (χ1) is 9.15. The Bertz CT molecular complexity index is 585. The van der Waals surface area contributed by atoms with Crippen molar-refractivity contribution < 1.29 is 33.2 Å². The van der Waals surface area contributed by atoms with Gasteiger partial charge in [-0.15, -0.1) is 0 Å². The second kappa shape index (κ2) is 6.26. The number of aromatic nitrogens is 1. The molecule has 2 heterocycles. The molecule has 2 aromatic rings. The second-order valence-corrected chi connectivity index (χ2v) is 5.97. The average Bonchev–Trinajstić information content (AvgIpc) is 2.75. The number of ether oxygens (including phenoxy) is 1. The van der Waals surface area contributed by atoms with Crippen LogP contribution in [0, 0.1) is 0 Å². The highest BCUT2D eigenvalue weighted by molar-refractivity contribution is 5.79. The van der Waals surface area contributed by atoms with E-state index >= 15 is 0 Å². The lowest BCUT2D eigenvalue weighted by Gasteiger charge is -2.31. The molecule has 108 valence electrons. The first-order valence-corrected chi connectivity index (χ1v) is 6.95. The molecular formula is C16H21IN2O. The van der Waals surface area contributed by atoms with E-state index in [0.717, 1.165) is 27.7 Å². The molecule has 0 amide bonds. The fraction of sp³-hybridized carbons (Fsp3) is 0.438. The van der Waals surface area contributed by atoms with Crippen molar-refractivity contribution in [1.82, 2.24) is 4.98 Å². The van der Waals surface area contributed by atoms with E-state index in [0.29, 0.717) is 6.04 Å². The van der Waals surface area contributed by atoms with Crippen molar-refractivity contribution in [1.29, 1.82) is 0 Å². The first kappa shape index (κ1) is 15.5. The van der Waals surface area contributed by atoms with E-state index < -0.39 is 0 Å². The largest absolute Gasteiger partial charge is 1.00 e. The molecule has 1 atom stereocenters. The molecule has 3 nitrogen and oxygen atoms in total. The van der Waals surface area contributed by atoms with E-state index in [1.54, 1.807) is 0 Å². The zero-order chi connectivity index (χ0) is 13.3. The molecule has 1 aromatic carbocycles. The molecule has 1 saturated heterocycles. The number of fused-ring (bicyclic) bond motifs is 1. The van der Waals surface area contributed by atoms with Crippen molar-refractivity contribution >= 4 is 10.9 Å². The van der Waals surface area contributed by atoms with E-state index in [1.807, 2.05) is 24.4 Å². The van der Waals surface area contributed by atoms with Gasteiger partial charge >= 0.3 is 0 Å². The van der Waals surface area contributed by atoms with Crippen LogP contribution in [-0.4, -0.2) is 42.8 Å². The summed E-state index contributed by atoms with van der Waals surface area (Å²) in [7, 11) is 4.59. The topological polar surface area (TPSA) is 22.1 Å². The molecule has 0 N–H and O–H groups in total. The Labute approximate surface area is 137 Å². The minimum absolute atomic E-state index is 0. The zero-order valence-corrected chi connectivity index (χ0v) is 14.2. The Morgan fingerprint density at radius 3 is 2.90 bits per heavy atom. The van der Waals surface area contributed by atoms with Crippen molar-refractivity contribution in [3.8, 4) is 5.75 Å². The third-order valence-corrected chi connectivity index (χ3v) is 4.28. The van der Waals surface area contributed by atoms with Gasteiger partial charge in [-0.05, 0) is 24.3 Å². The fourth-order valence-electron chi connectivity index (χ4n) is 2.89. The predicted octanol–water partition coefficient (Wildman–Crippen LogP) is -0.144. The van der Waals surface area contributed by atoms with E-state index in [9.17, 15) is 0 Å². The summed E-state index contributed by atoms with van der Waals surface area (Å²) in [5.74, 6) is 0.951. The first-order valence-electron chi connectivity index (χ1n) is 6.95. The van der Waals surface area contributed by atoms with Gasteiger partial charge in [0.15, 0.2) is 0 Å². The molecule has 0 saturated carbocycles. The van der Waals surface area contributed by atoms with Crippen molar-refractivity contribution in [2.24, 2.45) is 0 Å².